The minimum absolute atomic E-state index is 0.0558. The van der Waals surface area contributed by atoms with Crippen LogP contribution in [0.5, 0.6) is 0 Å². The number of hydrogen-bond donors (Lipinski definition) is 2. The molecule has 0 aliphatic carbocycles. The monoisotopic (exact) mass is 348 g/mol. The molecule has 0 saturated carbocycles. The normalized spacial score (nSPS) is 20.9. The molecule has 1 atom stereocenters. The van der Waals surface area contributed by atoms with E-state index in [-0.39, 0.29) is 17.5 Å². The van der Waals surface area contributed by atoms with Crippen molar-refractivity contribution >= 4 is 26.0 Å². The van der Waals surface area contributed by atoms with E-state index in [1.165, 1.54) is 6.07 Å². The average molecular weight is 349 g/mol. The van der Waals surface area contributed by atoms with E-state index in [1.807, 2.05) is 7.05 Å². The van der Waals surface area contributed by atoms with Crippen molar-refractivity contribution in [2.75, 3.05) is 20.1 Å². The van der Waals surface area contributed by atoms with Crippen LogP contribution in [0.25, 0.3) is 0 Å². The van der Waals surface area contributed by atoms with Crippen molar-refractivity contribution in [1.82, 2.24) is 9.62 Å². The number of benzene rings is 1. The number of sulfonamides is 1. The molecule has 0 spiro atoms. The Morgan fingerprint density at radius 1 is 1.53 bits per heavy atom. The maximum absolute atomic E-state index is 12.3. The largest absolute Gasteiger partial charge is 0.392 e. The second-order valence-corrected chi connectivity index (χ2v) is 7.33. The fraction of sp³-hybridized carbons (Fsp3) is 0.500. The van der Waals surface area contributed by atoms with Crippen molar-refractivity contribution in [2.45, 2.75) is 24.0 Å². The van der Waals surface area contributed by atoms with Gasteiger partial charge in [0.2, 0.25) is 10.0 Å². The van der Waals surface area contributed by atoms with Gasteiger partial charge in [-0.25, -0.2) is 13.1 Å². The molecule has 0 bridgehead atoms. The zero-order chi connectivity index (χ0) is 14.0. The van der Waals surface area contributed by atoms with Gasteiger partial charge in [0, 0.05) is 17.1 Å². The molecular formula is C12H17BrN2O3S. The van der Waals surface area contributed by atoms with E-state index in [2.05, 4.69) is 25.6 Å². The summed E-state index contributed by atoms with van der Waals surface area (Å²) in [5, 5.41) is 9.10. The van der Waals surface area contributed by atoms with E-state index in [1.54, 1.807) is 12.1 Å². The molecule has 0 radical (unpaired) electrons. The van der Waals surface area contributed by atoms with E-state index in [4.69, 9.17) is 5.11 Å². The zero-order valence-electron chi connectivity index (χ0n) is 10.6. The van der Waals surface area contributed by atoms with Crippen molar-refractivity contribution in [3.63, 3.8) is 0 Å². The van der Waals surface area contributed by atoms with Crippen LogP contribution in [0.15, 0.2) is 27.6 Å². The molecule has 1 aromatic carbocycles. The van der Waals surface area contributed by atoms with Gasteiger partial charge in [0.25, 0.3) is 0 Å². The van der Waals surface area contributed by atoms with Gasteiger partial charge in [-0.2, -0.15) is 0 Å². The summed E-state index contributed by atoms with van der Waals surface area (Å²) in [6.45, 7) is 1.43. The number of nitrogens with one attached hydrogen (secondary N) is 1. The van der Waals surface area contributed by atoms with Gasteiger partial charge in [-0.3, -0.25) is 0 Å². The van der Waals surface area contributed by atoms with Crippen LogP contribution in [0.1, 0.15) is 12.0 Å². The van der Waals surface area contributed by atoms with E-state index < -0.39 is 10.0 Å². The number of nitrogens with zero attached hydrogens (tertiary/aromatic N) is 1. The summed E-state index contributed by atoms with van der Waals surface area (Å²) in [5.74, 6) is 0. The summed E-state index contributed by atoms with van der Waals surface area (Å²) in [6, 6.07) is 4.76. The van der Waals surface area contributed by atoms with Gasteiger partial charge in [0.05, 0.1) is 11.5 Å². The topological polar surface area (TPSA) is 69.6 Å². The number of rotatable bonds is 4. The summed E-state index contributed by atoms with van der Waals surface area (Å²) >= 11 is 3.25. The molecule has 1 heterocycles. The molecule has 5 nitrogen and oxygen atoms in total. The number of halogens is 1. The van der Waals surface area contributed by atoms with Crippen molar-refractivity contribution in [1.29, 1.82) is 0 Å². The Morgan fingerprint density at radius 2 is 2.26 bits per heavy atom. The van der Waals surface area contributed by atoms with Gasteiger partial charge < -0.3 is 10.0 Å². The predicted molar refractivity (Wildman–Crippen MR) is 76.3 cm³/mol. The van der Waals surface area contributed by atoms with Crippen LogP contribution < -0.4 is 4.72 Å². The highest BCUT2D eigenvalue weighted by Crippen LogP contribution is 2.24. The summed E-state index contributed by atoms with van der Waals surface area (Å²) in [5.41, 5.74) is 0.576. The maximum atomic E-state index is 12.3. The minimum Gasteiger partial charge on any atom is -0.392 e. The van der Waals surface area contributed by atoms with Crippen molar-refractivity contribution in [2.24, 2.45) is 0 Å². The SMILES string of the molecule is CN1CCC(NS(=O)(=O)c2cc(CO)ccc2Br)C1. The van der Waals surface area contributed by atoms with Gasteiger partial charge in [-0.1, -0.05) is 6.07 Å². The Labute approximate surface area is 121 Å². The van der Waals surface area contributed by atoms with Crippen molar-refractivity contribution in [3.05, 3.63) is 28.2 Å². The average Bonchev–Trinajstić information content (AvgIpc) is 2.74. The van der Waals surface area contributed by atoms with E-state index in [9.17, 15) is 8.42 Å². The Bertz CT molecular complexity index is 562. The van der Waals surface area contributed by atoms with Crippen LogP contribution in [0.2, 0.25) is 0 Å². The predicted octanol–water partition coefficient (Wildman–Crippen LogP) is 0.924. The standard InChI is InChI=1S/C12H17BrN2O3S/c1-15-5-4-10(7-15)14-19(17,18)12-6-9(8-16)2-3-11(12)13/h2-3,6,10,14,16H,4-5,7-8H2,1H3. The number of hydrogen-bond acceptors (Lipinski definition) is 4. The summed E-state index contributed by atoms with van der Waals surface area (Å²) < 4.78 is 27.9. The van der Waals surface area contributed by atoms with Crippen LogP contribution in [0, 0.1) is 0 Å². The molecule has 7 heteroatoms. The number of aliphatic hydroxyl groups excluding tert-OH is 1. The quantitative estimate of drug-likeness (QED) is 0.848. The molecule has 0 amide bonds. The Morgan fingerprint density at radius 3 is 2.84 bits per heavy atom. The molecule has 1 aromatic rings. The lowest BCUT2D eigenvalue weighted by Gasteiger charge is -2.14. The first kappa shape index (κ1) is 14.9. The summed E-state index contributed by atoms with van der Waals surface area (Å²) in [4.78, 5) is 2.26. The van der Waals surface area contributed by atoms with Crippen molar-refractivity contribution in [3.8, 4) is 0 Å². The summed E-state index contributed by atoms with van der Waals surface area (Å²) in [6.07, 6.45) is 0.813. The number of likely N-dealkylation sites (tertiary alicyclic amines) is 1. The van der Waals surface area contributed by atoms with Crippen LogP contribution >= 0.6 is 15.9 Å². The van der Waals surface area contributed by atoms with Crippen LogP contribution in [0.3, 0.4) is 0 Å². The second-order valence-electron chi connectivity index (χ2n) is 4.79. The molecule has 1 saturated heterocycles. The van der Waals surface area contributed by atoms with Crippen LogP contribution in [-0.4, -0.2) is 44.6 Å². The molecule has 2 N–H and O–H groups in total. The first-order valence-corrected chi connectivity index (χ1v) is 8.30. The first-order valence-electron chi connectivity index (χ1n) is 6.02. The van der Waals surface area contributed by atoms with Crippen LogP contribution in [0.4, 0.5) is 0 Å². The fourth-order valence-electron chi connectivity index (χ4n) is 2.17. The highest BCUT2D eigenvalue weighted by Gasteiger charge is 2.26. The molecule has 19 heavy (non-hydrogen) atoms. The maximum Gasteiger partial charge on any atom is 0.241 e. The number of likely N-dealkylation sites (N-methyl/N-ethyl adjacent to an activating group) is 1. The molecular weight excluding hydrogens is 332 g/mol. The van der Waals surface area contributed by atoms with Gasteiger partial charge in [0.1, 0.15) is 0 Å². The first-order chi connectivity index (χ1) is 8.92. The molecule has 1 aliphatic heterocycles. The third-order valence-corrected chi connectivity index (χ3v) is 5.70. The third kappa shape index (κ3) is 3.55. The van der Waals surface area contributed by atoms with Crippen molar-refractivity contribution < 1.29 is 13.5 Å². The van der Waals surface area contributed by atoms with Gasteiger partial charge in [0.15, 0.2) is 0 Å². The molecule has 2 rings (SSSR count). The highest BCUT2D eigenvalue weighted by atomic mass is 79.9. The molecule has 1 aliphatic rings. The third-order valence-electron chi connectivity index (χ3n) is 3.18. The zero-order valence-corrected chi connectivity index (χ0v) is 13.0. The Hall–Kier alpha value is -0.470. The molecule has 106 valence electrons. The van der Waals surface area contributed by atoms with Crippen LogP contribution in [-0.2, 0) is 16.6 Å². The second kappa shape index (κ2) is 5.88. The lowest BCUT2D eigenvalue weighted by molar-refractivity contribution is 0.281. The van der Waals surface area contributed by atoms with Gasteiger partial charge in [-0.05, 0) is 53.6 Å². The van der Waals surface area contributed by atoms with Gasteiger partial charge >= 0.3 is 0 Å². The minimum atomic E-state index is -3.57. The Kier molecular flexibility index (Phi) is 4.62. The summed E-state index contributed by atoms with van der Waals surface area (Å²) in [7, 11) is -1.60. The number of aliphatic hydroxyl groups is 1. The molecule has 1 unspecified atom stereocenters. The fourth-order valence-corrected chi connectivity index (χ4v) is 4.44. The van der Waals surface area contributed by atoms with E-state index in [0.29, 0.717) is 10.0 Å². The van der Waals surface area contributed by atoms with E-state index in [0.717, 1.165) is 19.5 Å². The smallest absolute Gasteiger partial charge is 0.241 e. The van der Waals surface area contributed by atoms with Gasteiger partial charge in [-0.15, -0.1) is 0 Å². The Balaban J connectivity index is 2.24. The lowest BCUT2D eigenvalue weighted by atomic mass is 10.2. The molecule has 1 fully saturated rings. The molecule has 0 aromatic heterocycles. The lowest BCUT2D eigenvalue weighted by Crippen LogP contribution is -2.36. The van der Waals surface area contributed by atoms with E-state index >= 15 is 0 Å². The highest BCUT2D eigenvalue weighted by molar-refractivity contribution is 9.10.